The number of carbonyl (C=O) groups is 1. The summed E-state index contributed by atoms with van der Waals surface area (Å²) in [6.07, 6.45) is 1.65. The van der Waals surface area contributed by atoms with Crippen molar-refractivity contribution in [1.29, 1.82) is 0 Å². The second-order valence-electron chi connectivity index (χ2n) is 6.81. The van der Waals surface area contributed by atoms with Crippen LogP contribution in [0.4, 0.5) is 5.69 Å². The molecule has 7 heteroatoms. The Morgan fingerprint density at radius 3 is 2.59 bits per heavy atom. The van der Waals surface area contributed by atoms with Gasteiger partial charge in [-0.1, -0.05) is 18.2 Å². The van der Waals surface area contributed by atoms with Crippen molar-refractivity contribution in [1.82, 2.24) is 19.7 Å². The Kier molecular flexibility index (Phi) is 4.72. The highest BCUT2D eigenvalue weighted by Crippen LogP contribution is 2.29. The average molecular weight is 387 g/mol. The molecule has 146 valence electrons. The molecule has 0 radical (unpaired) electrons. The zero-order valence-electron chi connectivity index (χ0n) is 16.7. The molecule has 1 aromatic carbocycles. The van der Waals surface area contributed by atoms with Crippen molar-refractivity contribution in [2.24, 2.45) is 0 Å². The smallest absolute Gasteiger partial charge is 0.256 e. The van der Waals surface area contributed by atoms with E-state index in [2.05, 4.69) is 20.4 Å². The molecule has 0 aliphatic rings. The van der Waals surface area contributed by atoms with Gasteiger partial charge in [-0.05, 0) is 50.6 Å². The second kappa shape index (κ2) is 7.35. The fourth-order valence-corrected chi connectivity index (χ4v) is 3.36. The molecule has 0 bridgehead atoms. The zero-order valence-corrected chi connectivity index (χ0v) is 16.7. The van der Waals surface area contributed by atoms with Gasteiger partial charge in [-0.3, -0.25) is 4.79 Å². The number of para-hydroxylation sites is 1. The van der Waals surface area contributed by atoms with E-state index in [0.29, 0.717) is 22.8 Å². The van der Waals surface area contributed by atoms with Gasteiger partial charge in [0.1, 0.15) is 5.69 Å². The summed E-state index contributed by atoms with van der Waals surface area (Å²) < 4.78 is 7.07. The van der Waals surface area contributed by atoms with E-state index >= 15 is 0 Å². The average Bonchev–Trinajstić information content (AvgIpc) is 3.05. The number of methoxy groups -OCH3 is 1. The minimum Gasteiger partial charge on any atom is -0.480 e. The van der Waals surface area contributed by atoms with Gasteiger partial charge < -0.3 is 10.1 Å². The van der Waals surface area contributed by atoms with E-state index in [1.54, 1.807) is 16.9 Å². The molecule has 0 unspecified atom stereocenters. The molecule has 0 saturated carbocycles. The maximum absolute atomic E-state index is 13.2. The molecule has 0 saturated heterocycles. The molecule has 4 rings (SSSR count). The maximum Gasteiger partial charge on any atom is 0.256 e. The van der Waals surface area contributed by atoms with E-state index in [1.165, 1.54) is 7.11 Å². The number of hydrogen-bond acceptors (Lipinski definition) is 5. The van der Waals surface area contributed by atoms with E-state index < -0.39 is 0 Å². The predicted octanol–water partition coefficient (Wildman–Crippen LogP) is 4.00. The Labute approximate surface area is 168 Å². The Balaban J connectivity index is 1.85. The lowest BCUT2D eigenvalue weighted by Crippen LogP contribution is -2.15. The normalized spacial score (nSPS) is 10.9. The first kappa shape index (κ1) is 18.6. The molecule has 4 aromatic rings. The molecule has 1 amide bonds. The highest BCUT2D eigenvalue weighted by Gasteiger charge is 2.21. The molecular weight excluding hydrogens is 366 g/mol. The van der Waals surface area contributed by atoms with Crippen LogP contribution >= 0.6 is 0 Å². The first-order valence-electron chi connectivity index (χ1n) is 9.23. The number of nitrogens with zero attached hydrogens (tertiary/aromatic N) is 4. The number of rotatable bonds is 4. The lowest BCUT2D eigenvalue weighted by atomic mass is 10.1. The van der Waals surface area contributed by atoms with Crippen molar-refractivity contribution in [3.05, 3.63) is 71.2 Å². The van der Waals surface area contributed by atoms with Crippen molar-refractivity contribution in [2.75, 3.05) is 12.4 Å². The van der Waals surface area contributed by atoms with Crippen LogP contribution in [0.15, 0.2) is 48.7 Å². The van der Waals surface area contributed by atoms with Crippen molar-refractivity contribution in [3.63, 3.8) is 0 Å². The Morgan fingerprint density at radius 1 is 1.10 bits per heavy atom. The number of carbonyl (C=O) groups excluding carboxylic acids is 1. The summed E-state index contributed by atoms with van der Waals surface area (Å²) in [7, 11) is 1.53. The third-order valence-electron chi connectivity index (χ3n) is 4.74. The van der Waals surface area contributed by atoms with Crippen LogP contribution in [0.5, 0.6) is 5.88 Å². The van der Waals surface area contributed by atoms with Crippen LogP contribution in [0.3, 0.4) is 0 Å². The third-order valence-corrected chi connectivity index (χ3v) is 4.74. The summed E-state index contributed by atoms with van der Waals surface area (Å²) in [4.78, 5) is 22.1. The Hall–Kier alpha value is -3.74. The van der Waals surface area contributed by atoms with Gasteiger partial charge >= 0.3 is 0 Å². The molecule has 0 atom stereocenters. The molecule has 29 heavy (non-hydrogen) atoms. The van der Waals surface area contributed by atoms with Gasteiger partial charge in [-0.15, -0.1) is 0 Å². The number of hydrogen-bond donors (Lipinski definition) is 1. The number of benzene rings is 1. The second-order valence-corrected chi connectivity index (χ2v) is 6.81. The minimum atomic E-state index is -0.259. The predicted molar refractivity (Wildman–Crippen MR) is 112 cm³/mol. The van der Waals surface area contributed by atoms with Crippen LogP contribution in [0.25, 0.3) is 16.7 Å². The number of pyridine rings is 2. The first-order chi connectivity index (χ1) is 14.0. The topological polar surface area (TPSA) is 81.9 Å². The van der Waals surface area contributed by atoms with Crippen LogP contribution in [0.1, 0.15) is 27.3 Å². The maximum atomic E-state index is 13.2. The van der Waals surface area contributed by atoms with Crippen molar-refractivity contribution < 1.29 is 9.53 Å². The van der Waals surface area contributed by atoms with Gasteiger partial charge in [-0.25, -0.2) is 14.6 Å². The molecular formula is C22H21N5O2. The van der Waals surface area contributed by atoms with Gasteiger partial charge in [0.05, 0.1) is 29.4 Å². The summed E-state index contributed by atoms with van der Waals surface area (Å²) in [6.45, 7) is 5.64. The van der Waals surface area contributed by atoms with Crippen LogP contribution < -0.4 is 10.1 Å². The number of anilines is 1. The molecule has 1 N–H and O–H groups in total. The molecule has 0 fully saturated rings. The van der Waals surface area contributed by atoms with Crippen molar-refractivity contribution in [3.8, 4) is 11.6 Å². The van der Waals surface area contributed by atoms with Gasteiger partial charge in [0.2, 0.25) is 5.88 Å². The number of amides is 1. The third kappa shape index (κ3) is 3.31. The van der Waals surface area contributed by atoms with Gasteiger partial charge in [-0.2, -0.15) is 5.10 Å². The molecule has 7 nitrogen and oxygen atoms in total. The zero-order chi connectivity index (χ0) is 20.5. The number of fused-ring (bicyclic) bond motifs is 1. The standard InChI is InChI=1S/C22H21N5O2/c1-13-10-11-23-22(29-4)19(13)25-21(28)17-12-14(2)24-20-18(17)15(3)26-27(20)16-8-6-5-7-9-16/h5-12H,1-4H3,(H,25,28). The minimum absolute atomic E-state index is 0.259. The van der Waals surface area contributed by atoms with Crippen LogP contribution in [-0.2, 0) is 0 Å². The molecule has 3 heterocycles. The highest BCUT2D eigenvalue weighted by atomic mass is 16.5. The van der Waals surface area contributed by atoms with Crippen LogP contribution in [0, 0.1) is 20.8 Å². The van der Waals surface area contributed by atoms with Crippen LogP contribution in [0.2, 0.25) is 0 Å². The van der Waals surface area contributed by atoms with E-state index in [1.807, 2.05) is 57.2 Å². The number of aromatic nitrogens is 4. The molecule has 0 spiro atoms. The highest BCUT2D eigenvalue weighted by molar-refractivity contribution is 6.13. The lowest BCUT2D eigenvalue weighted by Gasteiger charge is -2.12. The lowest BCUT2D eigenvalue weighted by molar-refractivity contribution is 0.102. The van der Waals surface area contributed by atoms with Gasteiger partial charge in [0.25, 0.3) is 5.91 Å². The number of aryl methyl sites for hydroxylation is 3. The van der Waals surface area contributed by atoms with E-state index in [0.717, 1.165) is 28.0 Å². The Bertz CT molecular complexity index is 1220. The molecule has 3 aromatic heterocycles. The number of nitrogens with one attached hydrogen (secondary N) is 1. The summed E-state index contributed by atoms with van der Waals surface area (Å²) in [5, 5.41) is 8.31. The summed E-state index contributed by atoms with van der Waals surface area (Å²) in [5.74, 6) is 0.114. The largest absolute Gasteiger partial charge is 0.480 e. The number of ether oxygens (including phenoxy) is 1. The first-order valence-corrected chi connectivity index (χ1v) is 9.23. The van der Waals surface area contributed by atoms with E-state index in [9.17, 15) is 4.79 Å². The van der Waals surface area contributed by atoms with E-state index in [4.69, 9.17) is 4.74 Å². The van der Waals surface area contributed by atoms with Crippen molar-refractivity contribution >= 4 is 22.6 Å². The van der Waals surface area contributed by atoms with Gasteiger partial charge in [0.15, 0.2) is 5.65 Å². The summed E-state index contributed by atoms with van der Waals surface area (Å²) in [6, 6.07) is 13.4. The van der Waals surface area contributed by atoms with Gasteiger partial charge in [0, 0.05) is 11.9 Å². The Morgan fingerprint density at radius 2 is 1.86 bits per heavy atom. The molecule has 0 aliphatic heterocycles. The van der Waals surface area contributed by atoms with Crippen molar-refractivity contribution in [2.45, 2.75) is 20.8 Å². The van der Waals surface area contributed by atoms with E-state index in [-0.39, 0.29) is 5.91 Å². The fraction of sp³-hybridized carbons (Fsp3) is 0.182. The fourth-order valence-electron chi connectivity index (χ4n) is 3.36. The molecule has 0 aliphatic carbocycles. The summed E-state index contributed by atoms with van der Waals surface area (Å²) >= 11 is 0. The SMILES string of the molecule is COc1nccc(C)c1NC(=O)c1cc(C)nc2c1c(C)nn2-c1ccccc1. The monoisotopic (exact) mass is 387 g/mol. The quantitative estimate of drug-likeness (QED) is 0.572. The summed E-state index contributed by atoms with van der Waals surface area (Å²) in [5.41, 5.74) is 4.93. The van der Waals surface area contributed by atoms with Crippen LogP contribution in [-0.4, -0.2) is 32.8 Å².